The summed E-state index contributed by atoms with van der Waals surface area (Å²) >= 11 is 0. The van der Waals surface area contributed by atoms with Crippen molar-refractivity contribution in [3.63, 3.8) is 0 Å². The van der Waals surface area contributed by atoms with Crippen LogP contribution in [0.3, 0.4) is 0 Å². The summed E-state index contributed by atoms with van der Waals surface area (Å²) in [5.41, 5.74) is -0.684. The van der Waals surface area contributed by atoms with Crippen molar-refractivity contribution in [2.45, 2.75) is 83.3 Å². The van der Waals surface area contributed by atoms with E-state index in [-0.39, 0.29) is 17.6 Å². The van der Waals surface area contributed by atoms with Crippen molar-refractivity contribution >= 4 is 11.8 Å². The summed E-state index contributed by atoms with van der Waals surface area (Å²) in [6.07, 6.45) is 4.61. The minimum Gasteiger partial charge on any atom is -0.462 e. The van der Waals surface area contributed by atoms with Crippen LogP contribution in [-0.4, -0.2) is 40.4 Å². The van der Waals surface area contributed by atoms with Gasteiger partial charge < -0.3 is 4.74 Å². The van der Waals surface area contributed by atoms with Gasteiger partial charge in [0.15, 0.2) is 0 Å². The van der Waals surface area contributed by atoms with Crippen molar-refractivity contribution in [3.05, 3.63) is 0 Å². The Balaban J connectivity index is 2.25. The Morgan fingerprint density at radius 3 is 2.70 bits per heavy atom. The molecule has 0 saturated carbocycles. The van der Waals surface area contributed by atoms with E-state index in [1.165, 1.54) is 0 Å². The standard InChI is InChI=1S/C16H27NO3/c1-5-7-13(18)10-12-8-9-16(6-2)14(19)20-11-15(3,4)17(12)16/h12H,5-11H2,1-4H3/t12-,16-/m1/s1. The zero-order chi connectivity index (χ0) is 15.0. The molecule has 0 aromatic rings. The largest absolute Gasteiger partial charge is 0.462 e. The lowest BCUT2D eigenvalue weighted by atomic mass is 9.86. The molecule has 2 saturated heterocycles. The molecular weight excluding hydrogens is 254 g/mol. The number of hydrogen-bond acceptors (Lipinski definition) is 4. The summed E-state index contributed by atoms with van der Waals surface area (Å²) in [6.45, 7) is 8.74. The first-order valence-corrected chi connectivity index (χ1v) is 7.85. The number of carbonyl (C=O) groups excluding carboxylic acids is 2. The normalized spacial score (nSPS) is 32.8. The molecule has 0 unspecified atom stereocenters. The van der Waals surface area contributed by atoms with Crippen LogP contribution in [-0.2, 0) is 14.3 Å². The van der Waals surface area contributed by atoms with Gasteiger partial charge in [-0.25, -0.2) is 0 Å². The van der Waals surface area contributed by atoms with Gasteiger partial charge in [-0.15, -0.1) is 0 Å². The minimum atomic E-state index is -0.501. The van der Waals surface area contributed by atoms with Crippen molar-refractivity contribution < 1.29 is 14.3 Å². The molecule has 0 bridgehead atoms. The zero-order valence-electron chi connectivity index (χ0n) is 13.2. The highest BCUT2D eigenvalue weighted by Crippen LogP contribution is 2.46. The summed E-state index contributed by atoms with van der Waals surface area (Å²) in [5.74, 6) is 0.226. The number of carbonyl (C=O) groups is 2. The maximum atomic E-state index is 12.3. The number of cyclic esters (lactones) is 1. The van der Waals surface area contributed by atoms with Gasteiger partial charge >= 0.3 is 5.97 Å². The van der Waals surface area contributed by atoms with Crippen molar-refractivity contribution in [2.24, 2.45) is 0 Å². The van der Waals surface area contributed by atoms with E-state index in [2.05, 4.69) is 18.7 Å². The van der Waals surface area contributed by atoms with Crippen LogP contribution in [0.5, 0.6) is 0 Å². The van der Waals surface area contributed by atoms with Gasteiger partial charge in [-0.05, 0) is 39.5 Å². The summed E-state index contributed by atoms with van der Waals surface area (Å²) in [4.78, 5) is 26.6. The molecule has 114 valence electrons. The molecule has 2 aliphatic heterocycles. The molecule has 2 heterocycles. The number of fused-ring (bicyclic) bond motifs is 1. The molecular formula is C16H27NO3. The van der Waals surface area contributed by atoms with E-state index in [1.807, 2.05) is 13.8 Å². The van der Waals surface area contributed by atoms with Gasteiger partial charge in [0.25, 0.3) is 0 Å². The van der Waals surface area contributed by atoms with E-state index in [0.29, 0.717) is 25.2 Å². The van der Waals surface area contributed by atoms with Crippen molar-refractivity contribution in [1.82, 2.24) is 4.90 Å². The number of ether oxygens (including phenoxy) is 1. The predicted octanol–water partition coefficient (Wildman–Crippen LogP) is 2.69. The van der Waals surface area contributed by atoms with Gasteiger partial charge in [-0.3, -0.25) is 14.5 Å². The molecule has 0 aromatic carbocycles. The molecule has 0 N–H and O–H groups in total. The van der Waals surface area contributed by atoms with Crippen LogP contribution < -0.4 is 0 Å². The Kier molecular flexibility index (Phi) is 4.24. The van der Waals surface area contributed by atoms with Gasteiger partial charge in [0, 0.05) is 18.9 Å². The number of Topliss-reactive ketones (excluding diaryl/α,β-unsaturated/α-hetero) is 1. The molecule has 2 atom stereocenters. The first kappa shape index (κ1) is 15.5. The van der Waals surface area contributed by atoms with Gasteiger partial charge in [-0.2, -0.15) is 0 Å². The average Bonchev–Trinajstić information content (AvgIpc) is 2.76. The van der Waals surface area contributed by atoms with Gasteiger partial charge in [-0.1, -0.05) is 13.8 Å². The van der Waals surface area contributed by atoms with Crippen LogP contribution in [0.2, 0.25) is 0 Å². The van der Waals surface area contributed by atoms with Crippen LogP contribution in [0.4, 0.5) is 0 Å². The van der Waals surface area contributed by atoms with Gasteiger partial charge in [0.2, 0.25) is 0 Å². The maximum Gasteiger partial charge on any atom is 0.326 e. The fraction of sp³-hybridized carbons (Fsp3) is 0.875. The van der Waals surface area contributed by atoms with E-state index in [4.69, 9.17) is 4.74 Å². The Hall–Kier alpha value is -0.900. The minimum absolute atomic E-state index is 0.0928. The molecule has 0 aliphatic carbocycles. The maximum absolute atomic E-state index is 12.3. The molecule has 4 nitrogen and oxygen atoms in total. The van der Waals surface area contributed by atoms with E-state index >= 15 is 0 Å². The second-order valence-electron chi connectivity index (χ2n) is 6.83. The zero-order valence-corrected chi connectivity index (χ0v) is 13.2. The second-order valence-corrected chi connectivity index (χ2v) is 6.83. The van der Waals surface area contributed by atoms with E-state index < -0.39 is 5.54 Å². The molecule has 2 fully saturated rings. The number of ketones is 1. The van der Waals surface area contributed by atoms with Crippen LogP contribution in [0.15, 0.2) is 0 Å². The van der Waals surface area contributed by atoms with Gasteiger partial charge in [0.1, 0.15) is 17.9 Å². The lowest BCUT2D eigenvalue weighted by Gasteiger charge is -2.52. The molecule has 2 rings (SSSR count). The molecule has 20 heavy (non-hydrogen) atoms. The topological polar surface area (TPSA) is 46.6 Å². The Morgan fingerprint density at radius 1 is 1.40 bits per heavy atom. The van der Waals surface area contributed by atoms with Gasteiger partial charge in [0.05, 0.1) is 5.54 Å². The highest BCUT2D eigenvalue weighted by Gasteiger charge is 2.59. The van der Waals surface area contributed by atoms with Crippen molar-refractivity contribution in [3.8, 4) is 0 Å². The third-order valence-electron chi connectivity index (χ3n) is 4.88. The van der Waals surface area contributed by atoms with Crippen molar-refractivity contribution in [2.75, 3.05) is 6.61 Å². The Bertz CT molecular complexity index is 405. The van der Waals surface area contributed by atoms with E-state index in [0.717, 1.165) is 25.7 Å². The number of morpholine rings is 1. The smallest absolute Gasteiger partial charge is 0.326 e. The Labute approximate surface area is 121 Å². The predicted molar refractivity (Wildman–Crippen MR) is 77.5 cm³/mol. The van der Waals surface area contributed by atoms with Crippen LogP contribution >= 0.6 is 0 Å². The van der Waals surface area contributed by atoms with E-state index in [9.17, 15) is 9.59 Å². The summed E-state index contributed by atoms with van der Waals surface area (Å²) in [6, 6.07) is 0.192. The third-order valence-corrected chi connectivity index (χ3v) is 4.88. The summed E-state index contributed by atoms with van der Waals surface area (Å²) in [5, 5.41) is 0. The highest BCUT2D eigenvalue weighted by molar-refractivity contribution is 5.83. The quantitative estimate of drug-likeness (QED) is 0.727. The summed E-state index contributed by atoms with van der Waals surface area (Å²) in [7, 11) is 0. The summed E-state index contributed by atoms with van der Waals surface area (Å²) < 4.78 is 5.44. The average molecular weight is 281 g/mol. The van der Waals surface area contributed by atoms with Crippen molar-refractivity contribution in [1.29, 1.82) is 0 Å². The van der Waals surface area contributed by atoms with E-state index in [1.54, 1.807) is 0 Å². The molecule has 0 radical (unpaired) electrons. The number of esters is 1. The fourth-order valence-corrected chi connectivity index (χ4v) is 4.05. The molecule has 0 aromatic heterocycles. The number of rotatable bonds is 5. The second kappa shape index (κ2) is 5.47. The SMILES string of the molecule is CCCC(=O)C[C@H]1CC[C@]2(CC)C(=O)OCC(C)(C)N12. The highest BCUT2D eigenvalue weighted by atomic mass is 16.5. The number of hydrogen-bond donors (Lipinski definition) is 0. The first-order chi connectivity index (χ1) is 9.37. The lowest BCUT2D eigenvalue weighted by molar-refractivity contribution is -0.184. The first-order valence-electron chi connectivity index (χ1n) is 7.85. The molecule has 0 amide bonds. The molecule has 2 aliphatic rings. The Morgan fingerprint density at radius 2 is 2.10 bits per heavy atom. The monoisotopic (exact) mass is 281 g/mol. The molecule has 4 heteroatoms. The third kappa shape index (κ3) is 2.39. The van der Waals surface area contributed by atoms with Crippen LogP contribution in [0.25, 0.3) is 0 Å². The lowest BCUT2D eigenvalue weighted by Crippen LogP contribution is -2.67. The number of nitrogens with zero attached hydrogens (tertiary/aromatic N) is 1. The molecule has 0 spiro atoms. The fourth-order valence-electron chi connectivity index (χ4n) is 4.05. The van der Waals surface area contributed by atoms with Crippen LogP contribution in [0, 0.1) is 0 Å². The van der Waals surface area contributed by atoms with Crippen LogP contribution in [0.1, 0.15) is 66.2 Å².